The highest BCUT2D eigenvalue weighted by molar-refractivity contribution is 7.80. The van der Waals surface area contributed by atoms with E-state index in [4.69, 9.17) is 22.7 Å². The van der Waals surface area contributed by atoms with Gasteiger partial charge in [-0.25, -0.2) is 0 Å². The summed E-state index contributed by atoms with van der Waals surface area (Å²) in [7, 11) is 1.77. The lowest BCUT2D eigenvalue weighted by atomic mass is 9.96. The molecule has 1 saturated heterocycles. The summed E-state index contributed by atoms with van der Waals surface area (Å²) in [6, 6.07) is 0. The number of methoxy groups -OCH3 is 1. The van der Waals surface area contributed by atoms with E-state index in [2.05, 4.69) is 11.8 Å². The Hall–Kier alpha value is -0.190. The molecule has 2 atom stereocenters. The zero-order valence-electron chi connectivity index (χ0n) is 8.32. The normalized spacial score (nSPS) is 30.3. The Balaban J connectivity index is 2.40. The average molecular weight is 202 g/mol. The van der Waals surface area contributed by atoms with Crippen molar-refractivity contribution in [2.75, 3.05) is 26.7 Å². The first-order chi connectivity index (χ1) is 6.13. The molecule has 2 unspecified atom stereocenters. The maximum absolute atomic E-state index is 5.49. The van der Waals surface area contributed by atoms with Crippen LogP contribution in [0.3, 0.4) is 0 Å². The van der Waals surface area contributed by atoms with Crippen LogP contribution in [0.25, 0.3) is 0 Å². The van der Waals surface area contributed by atoms with E-state index in [-0.39, 0.29) is 0 Å². The molecule has 3 nitrogen and oxygen atoms in total. The van der Waals surface area contributed by atoms with Crippen molar-refractivity contribution in [2.45, 2.75) is 19.4 Å². The summed E-state index contributed by atoms with van der Waals surface area (Å²) in [6.45, 7) is 4.99. The fraction of sp³-hybridized carbons (Fsp3) is 0.889. The fourth-order valence-corrected chi connectivity index (χ4v) is 1.95. The van der Waals surface area contributed by atoms with Gasteiger partial charge in [0.1, 0.15) is 0 Å². The van der Waals surface area contributed by atoms with Crippen molar-refractivity contribution in [3.63, 3.8) is 0 Å². The van der Waals surface area contributed by atoms with Crippen LogP contribution in [0.15, 0.2) is 0 Å². The van der Waals surface area contributed by atoms with Crippen LogP contribution in [0.1, 0.15) is 13.3 Å². The first-order valence-electron chi connectivity index (χ1n) is 4.67. The molecule has 0 bridgehead atoms. The summed E-state index contributed by atoms with van der Waals surface area (Å²) in [5.74, 6) is 0.646. The van der Waals surface area contributed by atoms with Gasteiger partial charge in [-0.15, -0.1) is 0 Å². The molecule has 1 aliphatic rings. The van der Waals surface area contributed by atoms with Crippen LogP contribution in [0, 0.1) is 5.92 Å². The van der Waals surface area contributed by atoms with E-state index in [1.165, 1.54) is 6.42 Å². The zero-order valence-corrected chi connectivity index (χ0v) is 9.14. The van der Waals surface area contributed by atoms with E-state index in [1.54, 1.807) is 7.11 Å². The van der Waals surface area contributed by atoms with E-state index >= 15 is 0 Å². The van der Waals surface area contributed by atoms with Gasteiger partial charge in [0, 0.05) is 20.2 Å². The molecular weight excluding hydrogens is 184 g/mol. The van der Waals surface area contributed by atoms with Crippen molar-refractivity contribution in [2.24, 2.45) is 11.7 Å². The maximum atomic E-state index is 5.49. The van der Waals surface area contributed by atoms with Crippen LogP contribution in [-0.2, 0) is 4.74 Å². The molecule has 2 N–H and O–H groups in total. The fourth-order valence-electron chi connectivity index (χ4n) is 1.77. The number of piperidine rings is 1. The Morgan fingerprint density at radius 3 is 2.92 bits per heavy atom. The number of likely N-dealkylation sites (tertiary alicyclic amines) is 1. The lowest BCUT2D eigenvalue weighted by Gasteiger charge is -2.35. The average Bonchev–Trinajstić information content (AvgIpc) is 2.07. The van der Waals surface area contributed by atoms with Crippen molar-refractivity contribution >= 4 is 17.2 Å². The van der Waals surface area contributed by atoms with Crippen molar-refractivity contribution in [3.8, 4) is 0 Å². The number of hydrogen-bond donors (Lipinski definition) is 1. The molecule has 0 saturated carbocycles. The van der Waals surface area contributed by atoms with E-state index in [0.717, 1.165) is 19.6 Å². The van der Waals surface area contributed by atoms with Crippen molar-refractivity contribution < 1.29 is 4.74 Å². The van der Waals surface area contributed by atoms with Crippen LogP contribution in [0.4, 0.5) is 0 Å². The minimum absolute atomic E-state index is 0.336. The molecule has 1 fully saturated rings. The monoisotopic (exact) mass is 202 g/mol. The molecular formula is C9H18N2OS. The van der Waals surface area contributed by atoms with Crippen molar-refractivity contribution in [3.05, 3.63) is 0 Å². The highest BCUT2D eigenvalue weighted by Gasteiger charge is 2.25. The van der Waals surface area contributed by atoms with Crippen molar-refractivity contribution in [1.82, 2.24) is 4.90 Å². The molecule has 1 heterocycles. The van der Waals surface area contributed by atoms with Gasteiger partial charge < -0.3 is 10.5 Å². The Kier molecular flexibility index (Phi) is 4.09. The van der Waals surface area contributed by atoms with E-state index in [1.807, 2.05) is 0 Å². The zero-order chi connectivity index (χ0) is 9.84. The number of rotatable bonds is 3. The number of hydrogen-bond acceptors (Lipinski definition) is 3. The lowest BCUT2D eigenvalue weighted by molar-refractivity contribution is 0.0000186. The molecule has 0 aromatic heterocycles. The summed E-state index contributed by atoms with van der Waals surface area (Å²) in [5.41, 5.74) is 5.49. The van der Waals surface area contributed by atoms with Gasteiger partial charge in [-0.1, -0.05) is 19.1 Å². The smallest absolute Gasteiger partial charge is 0.0870 e. The summed E-state index contributed by atoms with van der Waals surface area (Å²) in [5, 5.41) is 0. The molecule has 0 radical (unpaired) electrons. The summed E-state index contributed by atoms with van der Waals surface area (Å²) >= 11 is 4.88. The van der Waals surface area contributed by atoms with E-state index in [0.29, 0.717) is 17.0 Å². The third kappa shape index (κ3) is 3.21. The van der Waals surface area contributed by atoms with Crippen LogP contribution in [0.5, 0.6) is 0 Å². The summed E-state index contributed by atoms with van der Waals surface area (Å²) in [6.07, 6.45) is 1.50. The molecule has 0 aromatic rings. The first kappa shape index (κ1) is 10.9. The van der Waals surface area contributed by atoms with Gasteiger partial charge in [0.15, 0.2) is 0 Å². The van der Waals surface area contributed by atoms with Crippen LogP contribution >= 0.6 is 12.2 Å². The second kappa shape index (κ2) is 4.88. The van der Waals surface area contributed by atoms with Gasteiger partial charge in [-0.2, -0.15) is 0 Å². The Bertz CT molecular complexity index is 186. The minimum atomic E-state index is 0.336. The molecule has 0 amide bonds. The van der Waals surface area contributed by atoms with Gasteiger partial charge in [-0.3, -0.25) is 4.90 Å². The summed E-state index contributed by atoms with van der Waals surface area (Å²) < 4.78 is 5.39. The third-order valence-electron chi connectivity index (χ3n) is 2.66. The molecule has 1 aliphatic heterocycles. The van der Waals surface area contributed by atoms with Gasteiger partial charge in [0.2, 0.25) is 0 Å². The van der Waals surface area contributed by atoms with Gasteiger partial charge >= 0.3 is 0 Å². The number of thiocarbonyl (C=S) groups is 1. The standard InChI is InChI=1S/C9H18N2OS/c1-7-3-4-11(6-9(10)13)5-8(7)12-2/h7-8H,3-6H2,1-2H3,(H2,10,13). The van der Waals surface area contributed by atoms with Crippen LogP contribution in [0.2, 0.25) is 0 Å². The van der Waals surface area contributed by atoms with E-state index < -0.39 is 0 Å². The molecule has 4 heteroatoms. The number of nitrogens with zero attached hydrogens (tertiary/aromatic N) is 1. The van der Waals surface area contributed by atoms with Crippen LogP contribution in [-0.4, -0.2) is 42.7 Å². The molecule has 0 aliphatic carbocycles. The Morgan fingerprint density at radius 1 is 1.69 bits per heavy atom. The predicted octanol–water partition coefficient (Wildman–Crippen LogP) is 0.629. The third-order valence-corrected chi connectivity index (χ3v) is 2.78. The second-order valence-electron chi connectivity index (χ2n) is 3.74. The highest BCUT2D eigenvalue weighted by Crippen LogP contribution is 2.18. The summed E-state index contributed by atoms with van der Waals surface area (Å²) in [4.78, 5) is 2.83. The van der Waals surface area contributed by atoms with Gasteiger partial charge in [0.25, 0.3) is 0 Å². The Labute approximate surface area is 85.2 Å². The highest BCUT2D eigenvalue weighted by atomic mass is 32.1. The molecule has 1 rings (SSSR count). The molecule has 76 valence electrons. The molecule has 13 heavy (non-hydrogen) atoms. The number of nitrogens with two attached hydrogens (primary N) is 1. The van der Waals surface area contributed by atoms with Gasteiger partial charge in [0.05, 0.1) is 11.1 Å². The van der Waals surface area contributed by atoms with Crippen molar-refractivity contribution in [1.29, 1.82) is 0 Å². The van der Waals surface area contributed by atoms with E-state index in [9.17, 15) is 0 Å². The molecule has 0 spiro atoms. The largest absolute Gasteiger partial charge is 0.392 e. The minimum Gasteiger partial charge on any atom is -0.392 e. The lowest BCUT2D eigenvalue weighted by Crippen LogP contribution is -2.46. The Morgan fingerprint density at radius 2 is 2.38 bits per heavy atom. The van der Waals surface area contributed by atoms with Crippen LogP contribution < -0.4 is 5.73 Å². The maximum Gasteiger partial charge on any atom is 0.0870 e. The predicted molar refractivity (Wildman–Crippen MR) is 57.8 cm³/mol. The topological polar surface area (TPSA) is 38.5 Å². The molecule has 0 aromatic carbocycles. The number of ether oxygens (including phenoxy) is 1. The quantitative estimate of drug-likeness (QED) is 0.681. The first-order valence-corrected chi connectivity index (χ1v) is 5.07. The van der Waals surface area contributed by atoms with Gasteiger partial charge in [-0.05, 0) is 18.9 Å². The SMILES string of the molecule is COC1CN(CC(N)=S)CCC1C. The second-order valence-corrected chi connectivity index (χ2v) is 4.27.